The van der Waals surface area contributed by atoms with Crippen molar-refractivity contribution < 1.29 is 4.79 Å². The Bertz CT molecular complexity index is 618. The van der Waals surface area contributed by atoms with Crippen molar-refractivity contribution in [2.24, 2.45) is 11.7 Å². The number of benzene rings is 2. The SMILES string of the molecule is N[C@@H]1CCC[C@H]1CC(=O)Nc1cccc2ccccc12. The van der Waals surface area contributed by atoms with E-state index in [0.717, 1.165) is 35.7 Å². The topological polar surface area (TPSA) is 55.1 Å². The van der Waals surface area contributed by atoms with Gasteiger partial charge in [0.1, 0.15) is 0 Å². The van der Waals surface area contributed by atoms with Gasteiger partial charge in [0.2, 0.25) is 5.91 Å². The van der Waals surface area contributed by atoms with Crippen LogP contribution < -0.4 is 11.1 Å². The molecule has 3 heteroatoms. The predicted molar refractivity (Wildman–Crippen MR) is 82.5 cm³/mol. The van der Waals surface area contributed by atoms with Crippen LogP contribution in [0.4, 0.5) is 5.69 Å². The summed E-state index contributed by atoms with van der Waals surface area (Å²) in [5.74, 6) is 0.411. The third kappa shape index (κ3) is 2.68. The Morgan fingerprint density at radius 3 is 2.75 bits per heavy atom. The van der Waals surface area contributed by atoms with Gasteiger partial charge in [-0.2, -0.15) is 0 Å². The van der Waals surface area contributed by atoms with Gasteiger partial charge in [-0.3, -0.25) is 4.79 Å². The summed E-state index contributed by atoms with van der Waals surface area (Å²) < 4.78 is 0. The molecule has 0 radical (unpaired) electrons. The van der Waals surface area contributed by atoms with E-state index < -0.39 is 0 Å². The molecule has 20 heavy (non-hydrogen) atoms. The normalized spacial score (nSPS) is 22.1. The fraction of sp³-hybridized carbons (Fsp3) is 0.353. The minimum atomic E-state index is 0.0729. The number of nitrogens with two attached hydrogens (primary N) is 1. The number of carbonyl (C=O) groups is 1. The van der Waals surface area contributed by atoms with E-state index in [0.29, 0.717) is 12.3 Å². The van der Waals surface area contributed by atoms with Gasteiger partial charge in [0.25, 0.3) is 0 Å². The largest absolute Gasteiger partial charge is 0.327 e. The maximum absolute atomic E-state index is 12.2. The minimum absolute atomic E-state index is 0.0729. The summed E-state index contributed by atoms with van der Waals surface area (Å²) in [6.07, 6.45) is 3.80. The number of nitrogens with one attached hydrogen (secondary N) is 1. The van der Waals surface area contributed by atoms with E-state index in [-0.39, 0.29) is 11.9 Å². The van der Waals surface area contributed by atoms with Gasteiger partial charge < -0.3 is 11.1 Å². The maximum Gasteiger partial charge on any atom is 0.224 e. The van der Waals surface area contributed by atoms with Crippen molar-refractivity contribution in [3.05, 3.63) is 42.5 Å². The maximum atomic E-state index is 12.2. The first-order valence-electron chi connectivity index (χ1n) is 7.27. The zero-order valence-corrected chi connectivity index (χ0v) is 11.5. The second kappa shape index (κ2) is 5.63. The zero-order chi connectivity index (χ0) is 13.9. The molecule has 0 heterocycles. The molecule has 1 amide bonds. The highest BCUT2D eigenvalue weighted by molar-refractivity contribution is 6.02. The summed E-state index contributed by atoms with van der Waals surface area (Å²) in [6, 6.07) is 14.3. The van der Waals surface area contributed by atoms with Crippen LogP contribution in [-0.2, 0) is 4.79 Å². The molecule has 3 N–H and O–H groups in total. The monoisotopic (exact) mass is 268 g/mol. The number of carbonyl (C=O) groups excluding carboxylic acids is 1. The molecule has 1 aliphatic carbocycles. The van der Waals surface area contributed by atoms with Crippen LogP contribution in [0, 0.1) is 5.92 Å². The summed E-state index contributed by atoms with van der Waals surface area (Å²) in [5, 5.41) is 5.26. The van der Waals surface area contributed by atoms with Crippen LogP contribution in [0.3, 0.4) is 0 Å². The molecule has 104 valence electrons. The van der Waals surface area contributed by atoms with Crippen molar-refractivity contribution in [3.8, 4) is 0 Å². The van der Waals surface area contributed by atoms with Gasteiger partial charge in [0.15, 0.2) is 0 Å². The van der Waals surface area contributed by atoms with Gasteiger partial charge in [-0.05, 0) is 30.2 Å². The van der Waals surface area contributed by atoms with Crippen LogP contribution >= 0.6 is 0 Å². The van der Waals surface area contributed by atoms with Gasteiger partial charge >= 0.3 is 0 Å². The summed E-state index contributed by atoms with van der Waals surface area (Å²) in [5.41, 5.74) is 6.92. The number of fused-ring (bicyclic) bond motifs is 1. The van der Waals surface area contributed by atoms with Crippen LogP contribution in [0.2, 0.25) is 0 Å². The van der Waals surface area contributed by atoms with E-state index in [1.807, 2.05) is 30.3 Å². The lowest BCUT2D eigenvalue weighted by atomic mass is 9.99. The molecular formula is C17H20N2O. The highest BCUT2D eigenvalue weighted by atomic mass is 16.1. The van der Waals surface area contributed by atoms with Gasteiger partial charge in [0.05, 0.1) is 0 Å². The van der Waals surface area contributed by atoms with Crippen LogP contribution in [0.1, 0.15) is 25.7 Å². The van der Waals surface area contributed by atoms with E-state index >= 15 is 0 Å². The molecule has 1 saturated carbocycles. The fourth-order valence-corrected chi connectivity index (χ4v) is 3.09. The number of hydrogen-bond acceptors (Lipinski definition) is 2. The lowest BCUT2D eigenvalue weighted by molar-refractivity contribution is -0.117. The van der Waals surface area contributed by atoms with E-state index in [4.69, 9.17) is 5.73 Å². The number of hydrogen-bond donors (Lipinski definition) is 2. The standard InChI is InChI=1S/C17H20N2O/c18-15-9-3-7-13(15)11-17(20)19-16-10-4-6-12-5-1-2-8-14(12)16/h1-2,4-6,8,10,13,15H,3,7,9,11,18H2,(H,19,20)/t13-,15+/m0/s1. The molecular weight excluding hydrogens is 248 g/mol. The van der Waals surface area contributed by atoms with E-state index in [1.165, 1.54) is 0 Å². The predicted octanol–water partition coefficient (Wildman–Crippen LogP) is 3.30. The van der Waals surface area contributed by atoms with Crippen LogP contribution in [-0.4, -0.2) is 11.9 Å². The Labute approximate surface area is 119 Å². The first-order chi connectivity index (χ1) is 9.74. The molecule has 0 spiro atoms. The molecule has 0 aliphatic heterocycles. The van der Waals surface area contributed by atoms with Crippen molar-refractivity contribution in [2.45, 2.75) is 31.7 Å². The average molecular weight is 268 g/mol. The molecule has 2 aromatic rings. The van der Waals surface area contributed by atoms with Crippen molar-refractivity contribution in [1.29, 1.82) is 0 Å². The quantitative estimate of drug-likeness (QED) is 0.897. The second-order valence-electron chi connectivity index (χ2n) is 5.63. The third-order valence-electron chi connectivity index (χ3n) is 4.23. The fourth-order valence-electron chi connectivity index (χ4n) is 3.09. The Hall–Kier alpha value is -1.87. The molecule has 2 aromatic carbocycles. The van der Waals surface area contributed by atoms with Crippen LogP contribution in [0.5, 0.6) is 0 Å². The minimum Gasteiger partial charge on any atom is -0.327 e. The van der Waals surface area contributed by atoms with Crippen molar-refractivity contribution in [1.82, 2.24) is 0 Å². The van der Waals surface area contributed by atoms with Gasteiger partial charge in [0, 0.05) is 23.5 Å². The smallest absolute Gasteiger partial charge is 0.224 e. The van der Waals surface area contributed by atoms with E-state index in [2.05, 4.69) is 17.4 Å². The highest BCUT2D eigenvalue weighted by Gasteiger charge is 2.26. The van der Waals surface area contributed by atoms with Gasteiger partial charge in [-0.25, -0.2) is 0 Å². The van der Waals surface area contributed by atoms with Crippen molar-refractivity contribution >= 4 is 22.4 Å². The molecule has 0 unspecified atom stereocenters. The molecule has 0 aromatic heterocycles. The Morgan fingerprint density at radius 2 is 1.95 bits per heavy atom. The van der Waals surface area contributed by atoms with E-state index in [1.54, 1.807) is 0 Å². The first kappa shape index (κ1) is 13.1. The molecule has 0 bridgehead atoms. The molecule has 3 rings (SSSR count). The number of anilines is 1. The lowest BCUT2D eigenvalue weighted by Gasteiger charge is -2.15. The molecule has 1 fully saturated rings. The molecule has 3 nitrogen and oxygen atoms in total. The third-order valence-corrected chi connectivity index (χ3v) is 4.23. The van der Waals surface area contributed by atoms with Crippen molar-refractivity contribution in [3.63, 3.8) is 0 Å². The molecule has 1 aliphatic rings. The van der Waals surface area contributed by atoms with Gasteiger partial charge in [-0.1, -0.05) is 42.8 Å². The Morgan fingerprint density at radius 1 is 1.15 bits per heavy atom. The van der Waals surface area contributed by atoms with Crippen LogP contribution in [0.15, 0.2) is 42.5 Å². The molecule has 0 saturated heterocycles. The number of amides is 1. The van der Waals surface area contributed by atoms with Crippen molar-refractivity contribution in [2.75, 3.05) is 5.32 Å². The van der Waals surface area contributed by atoms with Gasteiger partial charge in [-0.15, -0.1) is 0 Å². The second-order valence-corrected chi connectivity index (χ2v) is 5.63. The average Bonchev–Trinajstić information content (AvgIpc) is 2.85. The van der Waals surface area contributed by atoms with Crippen LogP contribution in [0.25, 0.3) is 10.8 Å². The number of rotatable bonds is 3. The summed E-state index contributed by atoms with van der Waals surface area (Å²) in [6.45, 7) is 0. The van der Waals surface area contributed by atoms with E-state index in [9.17, 15) is 4.79 Å². The summed E-state index contributed by atoms with van der Waals surface area (Å²) >= 11 is 0. The summed E-state index contributed by atoms with van der Waals surface area (Å²) in [7, 11) is 0. The Balaban J connectivity index is 1.74. The lowest BCUT2D eigenvalue weighted by Crippen LogP contribution is -2.28. The summed E-state index contributed by atoms with van der Waals surface area (Å²) in [4.78, 5) is 12.2. The zero-order valence-electron chi connectivity index (χ0n) is 11.5. The Kier molecular flexibility index (Phi) is 3.70. The molecule has 2 atom stereocenters. The highest BCUT2D eigenvalue weighted by Crippen LogP contribution is 2.28. The first-order valence-corrected chi connectivity index (χ1v) is 7.27.